The molecule has 1 N–H and O–H groups in total. The topological polar surface area (TPSA) is 97.4 Å². The van der Waals surface area contributed by atoms with Crippen LogP contribution in [0.5, 0.6) is 0 Å². The Balaban J connectivity index is 1.57. The lowest BCUT2D eigenvalue weighted by Gasteiger charge is -2.38. The van der Waals surface area contributed by atoms with E-state index in [0.29, 0.717) is 14.6 Å². The summed E-state index contributed by atoms with van der Waals surface area (Å²) in [4.78, 5) is 31.7. The molecular weight excluding hydrogens is 604 g/mol. The van der Waals surface area contributed by atoms with E-state index >= 15 is 0 Å². The third kappa shape index (κ3) is 3.97. The summed E-state index contributed by atoms with van der Waals surface area (Å²) in [6.45, 7) is -1.43. The lowest BCUT2D eigenvalue weighted by Crippen LogP contribution is -2.58. The van der Waals surface area contributed by atoms with Crippen LogP contribution in [0.1, 0.15) is 21.0 Å². The summed E-state index contributed by atoms with van der Waals surface area (Å²) in [5.74, 6) is -4.07. The quantitative estimate of drug-likeness (QED) is 0.366. The Hall–Kier alpha value is -2.90. The van der Waals surface area contributed by atoms with Gasteiger partial charge in [0, 0.05) is 16.7 Å². The monoisotopic (exact) mass is 613 g/mol. The Morgan fingerprint density at radius 1 is 1.15 bits per heavy atom. The Morgan fingerprint density at radius 2 is 1.91 bits per heavy atom. The molecular formula is C20H12Br2ClF2N7O2. The van der Waals surface area contributed by atoms with Gasteiger partial charge in [-0.2, -0.15) is 10.2 Å². The van der Waals surface area contributed by atoms with Crippen LogP contribution < -0.4 is 5.32 Å². The predicted molar refractivity (Wildman–Crippen MR) is 126 cm³/mol. The largest absolute Gasteiger partial charge is 0.325 e. The molecule has 174 valence electrons. The highest BCUT2D eigenvalue weighted by Crippen LogP contribution is 2.34. The molecule has 0 radical (unpaired) electrons. The lowest BCUT2D eigenvalue weighted by atomic mass is 10.1. The molecule has 0 aliphatic carbocycles. The number of nitrogens with one attached hydrogen (secondary N) is 1. The first kappa shape index (κ1) is 22.9. The van der Waals surface area contributed by atoms with Gasteiger partial charge in [-0.15, -0.1) is 0 Å². The van der Waals surface area contributed by atoms with Crippen LogP contribution in [-0.4, -0.2) is 60.1 Å². The second kappa shape index (κ2) is 8.40. The molecule has 14 heteroatoms. The second-order valence-electron chi connectivity index (χ2n) is 7.43. The third-order valence-corrected chi connectivity index (χ3v) is 6.37. The summed E-state index contributed by atoms with van der Waals surface area (Å²) in [6, 6.07) is 7.99. The molecule has 1 saturated heterocycles. The van der Waals surface area contributed by atoms with E-state index in [2.05, 4.69) is 52.4 Å². The number of fused-ring (bicyclic) bond motifs is 1. The number of halogens is 5. The third-order valence-electron chi connectivity index (χ3n) is 5.06. The summed E-state index contributed by atoms with van der Waals surface area (Å²) in [5, 5.41) is 11.3. The number of rotatable bonds is 4. The molecule has 0 bridgehead atoms. The predicted octanol–water partition coefficient (Wildman–Crippen LogP) is 4.44. The van der Waals surface area contributed by atoms with Gasteiger partial charge in [-0.05, 0) is 56.1 Å². The van der Waals surface area contributed by atoms with Crippen LogP contribution in [0.25, 0.3) is 11.3 Å². The number of hydrogen-bond donors (Lipinski definition) is 1. The SMILES string of the molecule is O=C(Nc1c(Br)cc2ccnn2c1C(=O)N1CC(F)(F)C1)c1cc(Br)nn1-c1ncccc1Cl. The van der Waals surface area contributed by atoms with E-state index in [4.69, 9.17) is 11.6 Å². The standard InChI is InChI=1S/C20H12Br2ClF2N7O2/c21-11-6-10-3-5-27-31(10)16(19(34)30-8-20(24,25)9-30)15(11)28-18(33)13-7-14(22)29-32(13)17-12(23)2-1-4-26-17/h1-7H,8-9H2,(H,28,33). The zero-order valence-corrected chi connectivity index (χ0v) is 20.8. The van der Waals surface area contributed by atoms with Gasteiger partial charge in [0.05, 0.1) is 35.5 Å². The van der Waals surface area contributed by atoms with Gasteiger partial charge in [0.15, 0.2) is 11.5 Å². The van der Waals surface area contributed by atoms with Gasteiger partial charge in [0.1, 0.15) is 10.3 Å². The summed E-state index contributed by atoms with van der Waals surface area (Å²) in [7, 11) is 0. The van der Waals surface area contributed by atoms with E-state index in [1.807, 2.05) is 0 Å². The Labute approximate surface area is 211 Å². The molecule has 0 spiro atoms. The number of carbonyl (C=O) groups excluding carboxylic acids is 2. The van der Waals surface area contributed by atoms with Gasteiger partial charge < -0.3 is 10.2 Å². The average Bonchev–Trinajstić information content (AvgIpc) is 3.38. The Bertz CT molecular complexity index is 1460. The normalized spacial score (nSPS) is 14.8. The van der Waals surface area contributed by atoms with Crippen molar-refractivity contribution in [2.45, 2.75) is 5.92 Å². The van der Waals surface area contributed by atoms with Crippen LogP contribution in [0.2, 0.25) is 5.02 Å². The number of carbonyl (C=O) groups is 2. The molecule has 0 unspecified atom stereocenters. The number of nitrogens with zero attached hydrogens (tertiary/aromatic N) is 6. The summed E-state index contributed by atoms with van der Waals surface area (Å²) < 4.78 is 30.1. The van der Waals surface area contributed by atoms with E-state index in [-0.39, 0.29) is 27.9 Å². The molecule has 1 fully saturated rings. The van der Waals surface area contributed by atoms with Crippen molar-refractivity contribution in [2.24, 2.45) is 0 Å². The van der Waals surface area contributed by atoms with Crippen molar-refractivity contribution < 1.29 is 18.4 Å². The van der Waals surface area contributed by atoms with Gasteiger partial charge in [-0.3, -0.25) is 9.59 Å². The van der Waals surface area contributed by atoms with E-state index in [1.165, 1.54) is 27.7 Å². The zero-order chi connectivity index (χ0) is 24.2. The van der Waals surface area contributed by atoms with Crippen LogP contribution in [0.15, 0.2) is 51.8 Å². The van der Waals surface area contributed by atoms with Crippen LogP contribution in [0, 0.1) is 0 Å². The van der Waals surface area contributed by atoms with Gasteiger partial charge in [0.25, 0.3) is 17.7 Å². The minimum atomic E-state index is -2.95. The number of likely N-dealkylation sites (tertiary alicyclic amines) is 1. The van der Waals surface area contributed by atoms with Crippen molar-refractivity contribution in [2.75, 3.05) is 18.4 Å². The zero-order valence-electron chi connectivity index (χ0n) is 16.8. The first-order valence-electron chi connectivity index (χ1n) is 9.66. The molecule has 9 nitrogen and oxygen atoms in total. The molecule has 34 heavy (non-hydrogen) atoms. The fraction of sp³-hybridized carbons (Fsp3) is 0.150. The van der Waals surface area contributed by atoms with Crippen molar-refractivity contribution in [3.63, 3.8) is 0 Å². The van der Waals surface area contributed by atoms with E-state index in [9.17, 15) is 18.4 Å². The van der Waals surface area contributed by atoms with Crippen molar-refractivity contribution in [3.05, 3.63) is 68.2 Å². The number of amides is 2. The fourth-order valence-corrected chi connectivity index (χ4v) is 4.64. The molecule has 0 saturated carbocycles. The number of pyridine rings is 2. The molecule has 1 aliphatic rings. The number of alkyl halides is 2. The minimum absolute atomic E-state index is 0.0637. The minimum Gasteiger partial charge on any atom is -0.325 e. The highest BCUT2D eigenvalue weighted by molar-refractivity contribution is 9.10. The van der Waals surface area contributed by atoms with E-state index < -0.39 is 30.8 Å². The van der Waals surface area contributed by atoms with Gasteiger partial charge in [-0.1, -0.05) is 11.6 Å². The second-order valence-corrected chi connectivity index (χ2v) is 9.50. The van der Waals surface area contributed by atoms with Gasteiger partial charge >= 0.3 is 0 Å². The fourth-order valence-electron chi connectivity index (χ4n) is 3.54. The molecule has 4 aromatic rings. The first-order chi connectivity index (χ1) is 16.1. The molecule has 1 aliphatic heterocycles. The average molecular weight is 616 g/mol. The van der Waals surface area contributed by atoms with Crippen molar-refractivity contribution in [3.8, 4) is 5.82 Å². The van der Waals surface area contributed by atoms with Gasteiger partial charge in [0.2, 0.25) is 0 Å². The highest BCUT2D eigenvalue weighted by Gasteiger charge is 2.47. The summed E-state index contributed by atoms with van der Waals surface area (Å²) >= 11 is 12.9. The molecule has 4 aromatic heterocycles. The van der Waals surface area contributed by atoms with Crippen LogP contribution in [-0.2, 0) is 0 Å². The number of aromatic nitrogens is 5. The van der Waals surface area contributed by atoms with E-state index in [1.54, 1.807) is 24.3 Å². The number of anilines is 1. The molecule has 0 atom stereocenters. The summed E-state index contributed by atoms with van der Waals surface area (Å²) in [5.41, 5.74) is 0.596. The van der Waals surface area contributed by atoms with Crippen LogP contribution >= 0.6 is 43.5 Å². The Kier molecular flexibility index (Phi) is 5.65. The maximum absolute atomic E-state index is 13.4. The number of hydrogen-bond acceptors (Lipinski definition) is 5. The maximum atomic E-state index is 13.4. The van der Waals surface area contributed by atoms with E-state index in [0.717, 1.165) is 4.90 Å². The van der Waals surface area contributed by atoms with Crippen molar-refractivity contribution >= 4 is 66.5 Å². The first-order valence-corrected chi connectivity index (χ1v) is 11.6. The highest BCUT2D eigenvalue weighted by atomic mass is 79.9. The smallest absolute Gasteiger partial charge is 0.282 e. The van der Waals surface area contributed by atoms with Gasteiger partial charge in [-0.25, -0.2) is 23.0 Å². The van der Waals surface area contributed by atoms with Crippen LogP contribution in [0.4, 0.5) is 14.5 Å². The molecule has 0 aromatic carbocycles. The molecule has 2 amide bonds. The molecule has 5 rings (SSSR count). The lowest BCUT2D eigenvalue weighted by molar-refractivity contribution is -0.113. The maximum Gasteiger partial charge on any atom is 0.282 e. The molecule has 5 heterocycles. The van der Waals surface area contributed by atoms with Crippen LogP contribution in [0.3, 0.4) is 0 Å². The van der Waals surface area contributed by atoms with Crippen molar-refractivity contribution in [1.29, 1.82) is 0 Å². The Morgan fingerprint density at radius 3 is 2.62 bits per heavy atom. The summed E-state index contributed by atoms with van der Waals surface area (Å²) in [6.07, 6.45) is 2.96. The van der Waals surface area contributed by atoms with Crippen molar-refractivity contribution in [1.82, 2.24) is 29.3 Å².